The first kappa shape index (κ1) is 19.7. The van der Waals surface area contributed by atoms with Crippen LogP contribution in [0.15, 0.2) is 30.3 Å². The number of benzene rings is 2. The van der Waals surface area contributed by atoms with Crippen LogP contribution < -0.4 is 0 Å². The standard InChI is InChI=1S/C19H13Cl2F3N4O/c1-9-7-28-15(25-26-18(28)10-2-4-12(22)14(24)6-10)8-27(9)19(29)11-3-5-13(23)17(21)16(11)20/h2-6,9H,7-8H2,1H3/t9-/m0/s1. The molecule has 1 aliphatic heterocycles. The van der Waals surface area contributed by atoms with Gasteiger partial charge in [0.15, 0.2) is 23.3 Å². The van der Waals surface area contributed by atoms with Crippen molar-refractivity contribution in [1.29, 1.82) is 0 Å². The number of hydrogen-bond donors (Lipinski definition) is 0. The first-order valence-corrected chi connectivity index (χ1v) is 9.35. The maximum atomic E-state index is 13.6. The topological polar surface area (TPSA) is 51.0 Å². The molecule has 0 radical (unpaired) electrons. The molecule has 0 bridgehead atoms. The number of carbonyl (C=O) groups excluding carboxylic acids is 1. The summed E-state index contributed by atoms with van der Waals surface area (Å²) in [6.45, 7) is 2.26. The van der Waals surface area contributed by atoms with Crippen LogP contribution >= 0.6 is 23.2 Å². The predicted molar refractivity (Wildman–Crippen MR) is 101 cm³/mol. The van der Waals surface area contributed by atoms with Gasteiger partial charge < -0.3 is 9.47 Å². The molecule has 29 heavy (non-hydrogen) atoms. The molecular weight excluding hydrogens is 428 g/mol. The Balaban J connectivity index is 1.66. The van der Waals surface area contributed by atoms with Crippen LogP contribution in [0.2, 0.25) is 10.0 Å². The van der Waals surface area contributed by atoms with Crippen LogP contribution in [-0.2, 0) is 13.1 Å². The zero-order chi connectivity index (χ0) is 20.9. The van der Waals surface area contributed by atoms with Crippen LogP contribution in [0.5, 0.6) is 0 Å². The van der Waals surface area contributed by atoms with Gasteiger partial charge in [-0.1, -0.05) is 23.2 Å². The molecule has 0 saturated carbocycles. The highest BCUT2D eigenvalue weighted by Crippen LogP contribution is 2.31. The van der Waals surface area contributed by atoms with Crippen LogP contribution in [0, 0.1) is 17.5 Å². The molecule has 0 unspecified atom stereocenters. The fourth-order valence-electron chi connectivity index (χ4n) is 3.28. The lowest BCUT2D eigenvalue weighted by Crippen LogP contribution is -2.45. The lowest BCUT2D eigenvalue weighted by atomic mass is 10.1. The maximum absolute atomic E-state index is 13.6. The summed E-state index contributed by atoms with van der Waals surface area (Å²) in [6, 6.07) is 5.56. The fourth-order valence-corrected chi connectivity index (χ4v) is 3.68. The smallest absolute Gasteiger partial charge is 0.256 e. The Labute approximate surface area is 173 Å². The summed E-state index contributed by atoms with van der Waals surface area (Å²) in [4.78, 5) is 14.5. The van der Waals surface area contributed by atoms with Crippen molar-refractivity contribution < 1.29 is 18.0 Å². The third-order valence-electron chi connectivity index (χ3n) is 4.82. The molecule has 2 heterocycles. The van der Waals surface area contributed by atoms with E-state index in [1.165, 1.54) is 17.0 Å². The molecule has 0 aliphatic carbocycles. The molecule has 10 heteroatoms. The Kier molecular flexibility index (Phi) is 5.00. The summed E-state index contributed by atoms with van der Waals surface area (Å²) in [6.07, 6.45) is 0. The molecule has 1 aliphatic rings. The highest BCUT2D eigenvalue weighted by molar-refractivity contribution is 6.43. The van der Waals surface area contributed by atoms with Crippen molar-refractivity contribution in [3.05, 3.63) is 69.2 Å². The fraction of sp³-hybridized carbons (Fsp3) is 0.211. The quantitative estimate of drug-likeness (QED) is 0.542. The highest BCUT2D eigenvalue weighted by atomic mass is 35.5. The minimum absolute atomic E-state index is 0.0821. The predicted octanol–water partition coefficient (Wildman–Crippen LogP) is 4.71. The molecule has 2 aromatic carbocycles. The van der Waals surface area contributed by atoms with Crippen molar-refractivity contribution in [2.24, 2.45) is 0 Å². The van der Waals surface area contributed by atoms with E-state index in [0.717, 1.165) is 18.2 Å². The van der Waals surface area contributed by atoms with E-state index in [2.05, 4.69) is 10.2 Å². The third-order valence-corrected chi connectivity index (χ3v) is 5.68. The van der Waals surface area contributed by atoms with Gasteiger partial charge in [0.2, 0.25) is 0 Å². The van der Waals surface area contributed by atoms with Gasteiger partial charge >= 0.3 is 0 Å². The van der Waals surface area contributed by atoms with Crippen molar-refractivity contribution in [2.45, 2.75) is 26.1 Å². The van der Waals surface area contributed by atoms with E-state index in [0.29, 0.717) is 23.8 Å². The molecule has 1 aromatic heterocycles. The lowest BCUT2D eigenvalue weighted by Gasteiger charge is -2.34. The molecule has 0 saturated heterocycles. The number of aromatic nitrogens is 3. The molecule has 0 spiro atoms. The molecule has 0 fully saturated rings. The van der Waals surface area contributed by atoms with E-state index >= 15 is 0 Å². The molecule has 3 aromatic rings. The van der Waals surface area contributed by atoms with Gasteiger partial charge in [0.1, 0.15) is 5.82 Å². The molecule has 1 atom stereocenters. The van der Waals surface area contributed by atoms with Crippen LogP contribution in [0.1, 0.15) is 23.1 Å². The minimum atomic E-state index is -0.983. The van der Waals surface area contributed by atoms with E-state index in [4.69, 9.17) is 23.2 Å². The summed E-state index contributed by atoms with van der Waals surface area (Å²) in [5, 5.41) is 7.69. The summed E-state index contributed by atoms with van der Waals surface area (Å²) in [7, 11) is 0. The van der Waals surface area contributed by atoms with Gasteiger partial charge in [0.25, 0.3) is 5.91 Å². The molecule has 5 nitrogen and oxygen atoms in total. The molecule has 0 N–H and O–H groups in total. The minimum Gasteiger partial charge on any atom is -0.327 e. The van der Waals surface area contributed by atoms with E-state index in [-0.39, 0.29) is 28.2 Å². The molecule has 150 valence electrons. The number of nitrogens with zero attached hydrogens (tertiary/aromatic N) is 4. The second-order valence-corrected chi connectivity index (χ2v) is 7.44. The van der Waals surface area contributed by atoms with Gasteiger partial charge in [-0.15, -0.1) is 10.2 Å². The van der Waals surface area contributed by atoms with Gasteiger partial charge in [-0.25, -0.2) is 13.2 Å². The van der Waals surface area contributed by atoms with E-state index < -0.39 is 23.4 Å². The number of rotatable bonds is 2. The van der Waals surface area contributed by atoms with E-state index in [1.54, 1.807) is 4.57 Å². The number of amides is 1. The van der Waals surface area contributed by atoms with E-state index in [9.17, 15) is 18.0 Å². The Morgan fingerprint density at radius 1 is 1.03 bits per heavy atom. The van der Waals surface area contributed by atoms with Crippen molar-refractivity contribution in [1.82, 2.24) is 19.7 Å². The number of hydrogen-bond acceptors (Lipinski definition) is 3. The summed E-state index contributed by atoms with van der Waals surface area (Å²) < 4.78 is 42.1. The maximum Gasteiger partial charge on any atom is 0.256 e. The van der Waals surface area contributed by atoms with Gasteiger partial charge in [-0.2, -0.15) is 0 Å². The zero-order valence-corrected chi connectivity index (χ0v) is 16.5. The first-order chi connectivity index (χ1) is 13.8. The van der Waals surface area contributed by atoms with Crippen molar-refractivity contribution in [3.63, 3.8) is 0 Å². The monoisotopic (exact) mass is 440 g/mol. The Morgan fingerprint density at radius 2 is 1.76 bits per heavy atom. The van der Waals surface area contributed by atoms with Crippen LogP contribution in [0.3, 0.4) is 0 Å². The van der Waals surface area contributed by atoms with Crippen LogP contribution in [-0.4, -0.2) is 31.6 Å². The van der Waals surface area contributed by atoms with Crippen molar-refractivity contribution in [3.8, 4) is 11.4 Å². The SMILES string of the molecule is C[C@H]1Cn2c(nnc2-c2ccc(F)c(F)c2)CN1C(=O)c1ccc(F)c(Cl)c1Cl. The normalized spacial score (nSPS) is 16.1. The summed E-state index contributed by atoms with van der Waals surface area (Å²) in [5.41, 5.74) is 0.460. The third kappa shape index (κ3) is 3.36. The summed E-state index contributed by atoms with van der Waals surface area (Å²) >= 11 is 11.9. The van der Waals surface area contributed by atoms with Crippen LogP contribution in [0.25, 0.3) is 11.4 Å². The largest absolute Gasteiger partial charge is 0.327 e. The van der Waals surface area contributed by atoms with E-state index in [1.807, 2.05) is 6.92 Å². The molecule has 1 amide bonds. The molecule has 4 rings (SSSR count). The Morgan fingerprint density at radius 3 is 2.48 bits per heavy atom. The van der Waals surface area contributed by atoms with Gasteiger partial charge in [0.05, 0.1) is 22.2 Å². The average molecular weight is 441 g/mol. The Hall–Kier alpha value is -2.58. The molecular formula is C19H13Cl2F3N4O. The van der Waals surface area contributed by atoms with Gasteiger partial charge in [-0.3, -0.25) is 4.79 Å². The van der Waals surface area contributed by atoms with Crippen molar-refractivity contribution in [2.75, 3.05) is 0 Å². The number of fused-ring (bicyclic) bond motifs is 1. The number of halogens is 5. The lowest BCUT2D eigenvalue weighted by molar-refractivity contribution is 0.0612. The average Bonchev–Trinajstić information content (AvgIpc) is 3.10. The summed E-state index contributed by atoms with van der Waals surface area (Å²) in [5.74, 6) is -2.22. The highest BCUT2D eigenvalue weighted by Gasteiger charge is 2.32. The van der Waals surface area contributed by atoms with Gasteiger partial charge in [0, 0.05) is 18.2 Å². The second kappa shape index (κ2) is 7.35. The zero-order valence-electron chi connectivity index (χ0n) is 15.0. The number of carbonyl (C=O) groups is 1. The Bertz CT molecular complexity index is 1130. The first-order valence-electron chi connectivity index (χ1n) is 8.60. The van der Waals surface area contributed by atoms with Crippen LogP contribution in [0.4, 0.5) is 13.2 Å². The van der Waals surface area contributed by atoms with Gasteiger partial charge in [-0.05, 0) is 37.3 Å². The second-order valence-electron chi connectivity index (χ2n) is 6.68. The van der Waals surface area contributed by atoms with Crippen molar-refractivity contribution >= 4 is 29.1 Å².